The van der Waals surface area contributed by atoms with Gasteiger partial charge in [-0.15, -0.1) is 11.8 Å². The molecule has 3 atom stereocenters. The van der Waals surface area contributed by atoms with Crippen LogP contribution in [-0.2, 0) is 16.0 Å². The predicted molar refractivity (Wildman–Crippen MR) is 163 cm³/mol. The molecule has 3 unspecified atom stereocenters. The van der Waals surface area contributed by atoms with Gasteiger partial charge in [0.2, 0.25) is 5.91 Å². The van der Waals surface area contributed by atoms with Crippen LogP contribution in [0.2, 0.25) is 0 Å². The van der Waals surface area contributed by atoms with E-state index in [0.717, 1.165) is 74.0 Å². The Morgan fingerprint density at radius 2 is 1.80 bits per heavy atom. The third-order valence-corrected chi connectivity index (χ3v) is 10.3. The molecule has 1 aliphatic carbocycles. The van der Waals surface area contributed by atoms with Crippen molar-refractivity contribution in [2.24, 2.45) is 11.8 Å². The van der Waals surface area contributed by atoms with Crippen molar-refractivity contribution in [2.75, 3.05) is 40.3 Å². The molecule has 2 aromatic carbocycles. The van der Waals surface area contributed by atoms with Gasteiger partial charge in [-0.05, 0) is 88.2 Å². The highest BCUT2D eigenvalue weighted by Crippen LogP contribution is 2.43. The van der Waals surface area contributed by atoms with Crippen molar-refractivity contribution in [1.29, 1.82) is 0 Å². The molecular weight excluding hydrogens is 518 g/mol. The third kappa shape index (κ3) is 7.10. The maximum atomic E-state index is 13.2. The molecule has 2 saturated heterocycles. The summed E-state index contributed by atoms with van der Waals surface area (Å²) in [6.07, 6.45) is 9.18. The van der Waals surface area contributed by atoms with Gasteiger partial charge >= 0.3 is 0 Å². The Labute approximate surface area is 243 Å². The van der Waals surface area contributed by atoms with Crippen LogP contribution in [0.5, 0.6) is 5.75 Å². The monoisotopic (exact) mass is 561 g/mol. The van der Waals surface area contributed by atoms with Gasteiger partial charge in [0.1, 0.15) is 5.75 Å². The molecule has 214 valence electrons. The highest BCUT2D eigenvalue weighted by Gasteiger charge is 2.42. The highest BCUT2D eigenvalue weighted by atomic mass is 32.2. The topological polar surface area (TPSA) is 61.9 Å². The van der Waals surface area contributed by atoms with Crippen LogP contribution in [0.15, 0.2) is 59.5 Å². The lowest BCUT2D eigenvalue weighted by molar-refractivity contribution is -0.131. The number of likely N-dealkylation sites (N-methyl/N-ethyl adjacent to an activating group) is 1. The van der Waals surface area contributed by atoms with E-state index >= 15 is 0 Å². The average molecular weight is 562 g/mol. The molecule has 2 amide bonds. The summed E-state index contributed by atoms with van der Waals surface area (Å²) in [4.78, 5) is 31.4. The number of hydrogen-bond donors (Lipinski definition) is 1. The number of thioether (sulfide) groups is 1. The van der Waals surface area contributed by atoms with E-state index in [1.165, 1.54) is 24.8 Å². The van der Waals surface area contributed by atoms with Crippen molar-refractivity contribution in [3.05, 3.63) is 70.6 Å². The molecular formula is C33H43N3O3S. The number of hydrogen-bond acceptors (Lipinski definition) is 5. The lowest BCUT2D eigenvalue weighted by Gasteiger charge is -2.44. The zero-order valence-corrected chi connectivity index (χ0v) is 24.7. The Morgan fingerprint density at radius 3 is 2.58 bits per heavy atom. The van der Waals surface area contributed by atoms with Gasteiger partial charge in [-0.1, -0.05) is 48.5 Å². The number of methoxy groups -OCH3 is 1. The second-order valence-corrected chi connectivity index (χ2v) is 12.8. The summed E-state index contributed by atoms with van der Waals surface area (Å²) in [5.74, 6) is 1.71. The maximum Gasteiger partial charge on any atom is 0.260 e. The van der Waals surface area contributed by atoms with Crippen LogP contribution >= 0.6 is 11.8 Å². The zero-order valence-electron chi connectivity index (χ0n) is 23.9. The SMILES string of the molecule is COc1ccccc1/C=C1/SC2CCC(C(=O)NCCCN3CCC(Cc4ccccc4)CC3)CC2N(C)C1=O. The van der Waals surface area contributed by atoms with Crippen molar-refractivity contribution in [2.45, 2.75) is 56.2 Å². The van der Waals surface area contributed by atoms with E-state index in [-0.39, 0.29) is 23.8 Å². The Morgan fingerprint density at radius 1 is 1.05 bits per heavy atom. The molecule has 1 N–H and O–H groups in total. The summed E-state index contributed by atoms with van der Waals surface area (Å²) in [7, 11) is 3.54. The minimum atomic E-state index is -0.0226. The predicted octanol–water partition coefficient (Wildman–Crippen LogP) is 5.24. The number of rotatable bonds is 9. The van der Waals surface area contributed by atoms with Gasteiger partial charge in [0.25, 0.3) is 5.91 Å². The van der Waals surface area contributed by atoms with Gasteiger partial charge in [0, 0.05) is 36.4 Å². The second kappa shape index (κ2) is 13.7. The minimum Gasteiger partial charge on any atom is -0.496 e. The smallest absolute Gasteiger partial charge is 0.260 e. The first-order valence-corrected chi connectivity index (χ1v) is 15.7. The highest BCUT2D eigenvalue weighted by molar-refractivity contribution is 8.04. The summed E-state index contributed by atoms with van der Waals surface area (Å²) in [6.45, 7) is 4.08. The van der Waals surface area contributed by atoms with Crippen molar-refractivity contribution < 1.29 is 14.3 Å². The number of carbonyl (C=O) groups is 2. The van der Waals surface area contributed by atoms with Crippen molar-refractivity contribution in [3.63, 3.8) is 0 Å². The van der Waals surface area contributed by atoms with Crippen molar-refractivity contribution in [1.82, 2.24) is 15.1 Å². The van der Waals surface area contributed by atoms with E-state index in [1.54, 1.807) is 18.9 Å². The van der Waals surface area contributed by atoms with Crippen LogP contribution in [0.3, 0.4) is 0 Å². The largest absolute Gasteiger partial charge is 0.496 e. The van der Waals surface area contributed by atoms with Crippen LogP contribution in [0.4, 0.5) is 0 Å². The van der Waals surface area contributed by atoms with E-state index < -0.39 is 0 Å². The molecule has 0 spiro atoms. The van der Waals surface area contributed by atoms with Gasteiger partial charge in [-0.25, -0.2) is 0 Å². The summed E-state index contributed by atoms with van der Waals surface area (Å²) in [5.41, 5.74) is 2.36. The molecule has 3 fully saturated rings. The molecule has 2 aliphatic heterocycles. The summed E-state index contributed by atoms with van der Waals surface area (Å²) in [6, 6.07) is 18.7. The fourth-order valence-electron chi connectivity index (χ4n) is 6.48. The quantitative estimate of drug-likeness (QED) is 0.335. The maximum absolute atomic E-state index is 13.2. The van der Waals surface area contributed by atoms with E-state index in [2.05, 4.69) is 40.5 Å². The number of fused-ring (bicyclic) bond motifs is 1. The zero-order chi connectivity index (χ0) is 27.9. The Balaban J connectivity index is 1.04. The second-order valence-electron chi connectivity index (χ2n) is 11.5. The molecule has 2 aromatic rings. The van der Waals surface area contributed by atoms with Crippen LogP contribution < -0.4 is 10.1 Å². The summed E-state index contributed by atoms with van der Waals surface area (Å²) >= 11 is 1.67. The van der Waals surface area contributed by atoms with E-state index in [4.69, 9.17) is 4.74 Å². The molecule has 7 heteroatoms. The minimum absolute atomic E-state index is 0.0226. The number of nitrogens with one attached hydrogen (secondary N) is 1. The molecule has 3 aliphatic rings. The average Bonchev–Trinajstić information content (AvgIpc) is 2.99. The molecule has 6 nitrogen and oxygen atoms in total. The number of benzene rings is 2. The number of piperidine rings is 1. The Bertz CT molecular complexity index is 1180. The molecule has 1 saturated carbocycles. The van der Waals surface area contributed by atoms with Crippen LogP contribution in [-0.4, -0.2) is 73.2 Å². The molecule has 0 radical (unpaired) electrons. The molecule has 5 rings (SSSR count). The van der Waals surface area contributed by atoms with Crippen LogP contribution in [0.1, 0.15) is 49.7 Å². The number of nitrogens with zero attached hydrogens (tertiary/aromatic N) is 2. The van der Waals surface area contributed by atoms with Gasteiger partial charge < -0.3 is 19.9 Å². The Kier molecular flexibility index (Phi) is 9.87. The van der Waals surface area contributed by atoms with E-state index in [1.807, 2.05) is 42.3 Å². The fourth-order valence-corrected chi connectivity index (χ4v) is 7.95. The summed E-state index contributed by atoms with van der Waals surface area (Å²) < 4.78 is 5.47. The van der Waals surface area contributed by atoms with E-state index in [9.17, 15) is 9.59 Å². The molecule has 2 heterocycles. The lowest BCUT2D eigenvalue weighted by Crippen LogP contribution is -2.52. The van der Waals surface area contributed by atoms with Gasteiger partial charge in [0.05, 0.1) is 12.0 Å². The standard InChI is InChI=1S/C33H43N3O3S/c1-35-28-22-27(13-14-30(28)40-31(33(35)38)23-26-11-6-7-12-29(26)39-2)32(37)34-17-8-18-36-19-15-25(16-20-36)21-24-9-4-3-5-10-24/h3-7,9-12,23,25,27-28,30H,8,13-22H2,1-2H3,(H,34,37)/b31-23+. The van der Waals surface area contributed by atoms with E-state index in [0.29, 0.717) is 5.25 Å². The number of ether oxygens (including phenoxy) is 1. The molecule has 0 aromatic heterocycles. The first-order valence-electron chi connectivity index (χ1n) is 14.8. The number of para-hydroxylation sites is 1. The number of likely N-dealkylation sites (tertiary alicyclic amines) is 1. The van der Waals surface area contributed by atoms with Crippen molar-refractivity contribution in [3.8, 4) is 5.75 Å². The first-order chi connectivity index (χ1) is 19.5. The van der Waals surface area contributed by atoms with Gasteiger partial charge in [0.15, 0.2) is 0 Å². The summed E-state index contributed by atoms with van der Waals surface area (Å²) in [5, 5.41) is 3.53. The molecule has 0 bridgehead atoms. The van der Waals surface area contributed by atoms with Crippen molar-refractivity contribution >= 4 is 29.7 Å². The molecule has 40 heavy (non-hydrogen) atoms. The van der Waals surface area contributed by atoms with Crippen LogP contribution in [0, 0.1) is 11.8 Å². The normalized spacial score (nSPS) is 25.1. The first kappa shape index (κ1) is 28.7. The third-order valence-electron chi connectivity index (χ3n) is 8.88. The Hall–Kier alpha value is -2.77. The van der Waals surface area contributed by atoms with Gasteiger partial charge in [-0.3, -0.25) is 9.59 Å². The van der Waals surface area contributed by atoms with Crippen LogP contribution in [0.25, 0.3) is 6.08 Å². The fraction of sp³-hybridized carbons (Fsp3) is 0.515. The number of carbonyl (C=O) groups excluding carboxylic acids is 2. The van der Waals surface area contributed by atoms with Gasteiger partial charge in [-0.2, -0.15) is 0 Å². The number of amides is 2. The lowest BCUT2D eigenvalue weighted by atomic mass is 9.83.